The zero-order chi connectivity index (χ0) is 17.4. The van der Waals surface area contributed by atoms with Crippen LogP contribution in [0.4, 0.5) is 0 Å². The smallest absolute Gasteiger partial charge is 0.153 e. The standard InChI is InChI=1S/C19H14O3S3/c1-20-13-7-3-11(4-8-13)15-17-18(25-19(23)24-17)16(22-15)12-5-9-14(21-2)10-6-12/h3-10H,1-2H3. The molecule has 0 aliphatic rings. The first-order valence-corrected chi connectivity index (χ1v) is 9.59. The summed E-state index contributed by atoms with van der Waals surface area (Å²) in [5.41, 5.74) is 2.02. The average Bonchev–Trinajstić information content (AvgIpc) is 3.19. The van der Waals surface area contributed by atoms with E-state index in [-0.39, 0.29) is 0 Å². The summed E-state index contributed by atoms with van der Waals surface area (Å²) < 4.78 is 19.8. The molecule has 126 valence electrons. The molecule has 0 N–H and O–H groups in total. The third kappa shape index (κ3) is 2.97. The van der Waals surface area contributed by atoms with Gasteiger partial charge in [0.1, 0.15) is 14.6 Å². The Kier molecular flexibility index (Phi) is 4.33. The quantitative estimate of drug-likeness (QED) is 0.368. The highest BCUT2D eigenvalue weighted by molar-refractivity contribution is 7.77. The zero-order valence-electron chi connectivity index (χ0n) is 13.6. The topological polar surface area (TPSA) is 31.6 Å². The number of benzene rings is 2. The van der Waals surface area contributed by atoms with E-state index in [9.17, 15) is 0 Å². The van der Waals surface area contributed by atoms with Crippen molar-refractivity contribution in [2.45, 2.75) is 0 Å². The van der Waals surface area contributed by atoms with Crippen LogP contribution in [0.3, 0.4) is 0 Å². The molecule has 0 unspecified atom stereocenters. The maximum absolute atomic E-state index is 6.27. The molecule has 4 aromatic rings. The molecule has 0 saturated heterocycles. The van der Waals surface area contributed by atoms with E-state index in [0.29, 0.717) is 0 Å². The van der Waals surface area contributed by atoms with Gasteiger partial charge in [-0.15, -0.1) is 22.7 Å². The van der Waals surface area contributed by atoms with Crippen molar-refractivity contribution in [2.24, 2.45) is 0 Å². The highest BCUT2D eigenvalue weighted by Crippen LogP contribution is 2.45. The molecule has 0 amide bonds. The molecule has 0 radical (unpaired) electrons. The minimum Gasteiger partial charge on any atom is -0.497 e. The number of methoxy groups -OCH3 is 2. The third-order valence-electron chi connectivity index (χ3n) is 3.90. The third-order valence-corrected chi connectivity index (χ3v) is 6.55. The van der Waals surface area contributed by atoms with Gasteiger partial charge in [-0.05, 0) is 48.5 Å². The molecule has 0 saturated carbocycles. The number of hydrogen-bond donors (Lipinski definition) is 0. The molecule has 0 fully saturated rings. The van der Waals surface area contributed by atoms with E-state index in [1.54, 1.807) is 36.9 Å². The fourth-order valence-electron chi connectivity index (χ4n) is 2.64. The molecule has 2 aromatic heterocycles. The molecule has 0 aliphatic heterocycles. The molecule has 6 heteroatoms. The Hall–Kier alpha value is -2.15. The fraction of sp³-hybridized carbons (Fsp3) is 0.105. The first kappa shape index (κ1) is 16.3. The van der Waals surface area contributed by atoms with Gasteiger partial charge in [-0.25, -0.2) is 0 Å². The Balaban J connectivity index is 1.89. The van der Waals surface area contributed by atoms with Crippen molar-refractivity contribution < 1.29 is 13.9 Å². The predicted octanol–water partition coefficient (Wildman–Crippen LogP) is 6.64. The normalized spacial score (nSPS) is 11.0. The summed E-state index contributed by atoms with van der Waals surface area (Å²) in [4.78, 5) is 0. The van der Waals surface area contributed by atoms with Gasteiger partial charge in [-0.2, -0.15) is 0 Å². The van der Waals surface area contributed by atoms with E-state index >= 15 is 0 Å². The fourth-order valence-corrected chi connectivity index (χ4v) is 5.26. The largest absolute Gasteiger partial charge is 0.497 e. The molecule has 0 bridgehead atoms. The number of furan rings is 1. The lowest BCUT2D eigenvalue weighted by molar-refractivity contribution is 0.415. The van der Waals surface area contributed by atoms with Gasteiger partial charge in [0.2, 0.25) is 0 Å². The maximum atomic E-state index is 6.27. The summed E-state index contributed by atoms with van der Waals surface area (Å²) in [6, 6.07) is 15.7. The summed E-state index contributed by atoms with van der Waals surface area (Å²) in [7, 11) is 3.32. The first-order chi connectivity index (χ1) is 12.2. The highest BCUT2D eigenvalue weighted by Gasteiger charge is 2.19. The number of fused-ring (bicyclic) bond motifs is 1. The van der Waals surface area contributed by atoms with Gasteiger partial charge >= 0.3 is 0 Å². The van der Waals surface area contributed by atoms with Crippen molar-refractivity contribution in [3.63, 3.8) is 0 Å². The Morgan fingerprint density at radius 1 is 0.720 bits per heavy atom. The lowest BCUT2D eigenvalue weighted by Crippen LogP contribution is -1.82. The molecular formula is C19H14O3S3. The summed E-state index contributed by atoms with van der Waals surface area (Å²) in [6.45, 7) is 0. The number of ether oxygens (including phenoxy) is 2. The van der Waals surface area contributed by atoms with E-state index in [4.69, 9.17) is 26.1 Å². The van der Waals surface area contributed by atoms with Crippen LogP contribution >= 0.6 is 34.9 Å². The molecule has 0 spiro atoms. The van der Waals surface area contributed by atoms with Crippen LogP contribution in [0, 0.1) is 3.14 Å². The SMILES string of the molecule is COc1ccc(-c2oc(-c3ccc(OC)cc3)c3sc(=S)sc23)cc1. The Bertz CT molecular complexity index is 987. The van der Waals surface area contributed by atoms with Crippen molar-refractivity contribution in [3.8, 4) is 34.1 Å². The molecule has 25 heavy (non-hydrogen) atoms. The summed E-state index contributed by atoms with van der Waals surface area (Å²) in [6.07, 6.45) is 0. The lowest BCUT2D eigenvalue weighted by Gasteiger charge is -2.02. The van der Waals surface area contributed by atoms with Gasteiger partial charge in [-0.3, -0.25) is 0 Å². The second kappa shape index (κ2) is 6.63. The van der Waals surface area contributed by atoms with Crippen molar-refractivity contribution in [1.82, 2.24) is 0 Å². The van der Waals surface area contributed by atoms with Crippen LogP contribution in [0.2, 0.25) is 0 Å². The van der Waals surface area contributed by atoms with E-state index in [2.05, 4.69) is 0 Å². The van der Waals surface area contributed by atoms with E-state index < -0.39 is 0 Å². The van der Waals surface area contributed by atoms with Crippen LogP contribution in [-0.2, 0) is 0 Å². The molecule has 0 atom stereocenters. The Labute approximate surface area is 158 Å². The minimum atomic E-state index is 0.819. The van der Waals surface area contributed by atoms with E-state index in [1.165, 1.54) is 0 Å². The lowest BCUT2D eigenvalue weighted by atomic mass is 10.1. The molecule has 2 aromatic carbocycles. The van der Waals surface area contributed by atoms with E-state index in [1.807, 2.05) is 48.5 Å². The molecule has 3 nitrogen and oxygen atoms in total. The first-order valence-electron chi connectivity index (χ1n) is 7.55. The van der Waals surface area contributed by atoms with Crippen LogP contribution in [0.15, 0.2) is 52.9 Å². The molecule has 0 aliphatic carbocycles. The van der Waals surface area contributed by atoms with Crippen LogP contribution in [0.5, 0.6) is 11.5 Å². The monoisotopic (exact) mass is 386 g/mol. The van der Waals surface area contributed by atoms with Crippen molar-refractivity contribution in [1.29, 1.82) is 0 Å². The summed E-state index contributed by atoms with van der Waals surface area (Å²) >= 11 is 8.60. The molecule has 4 rings (SSSR count). The number of hydrogen-bond acceptors (Lipinski definition) is 6. The van der Waals surface area contributed by atoms with Crippen molar-refractivity contribution in [3.05, 3.63) is 51.7 Å². The summed E-state index contributed by atoms with van der Waals surface area (Å²) in [5, 5.41) is 0. The predicted molar refractivity (Wildman–Crippen MR) is 107 cm³/mol. The van der Waals surface area contributed by atoms with Gasteiger partial charge in [0.25, 0.3) is 0 Å². The van der Waals surface area contributed by atoms with E-state index in [0.717, 1.165) is 46.7 Å². The maximum Gasteiger partial charge on any atom is 0.153 e. The van der Waals surface area contributed by atoms with Crippen molar-refractivity contribution in [2.75, 3.05) is 14.2 Å². The second-order valence-electron chi connectivity index (χ2n) is 5.33. The van der Waals surface area contributed by atoms with Crippen LogP contribution in [0.25, 0.3) is 32.0 Å². The van der Waals surface area contributed by atoms with Gasteiger partial charge in [0, 0.05) is 11.1 Å². The molecule has 2 heterocycles. The van der Waals surface area contributed by atoms with Crippen LogP contribution in [0.1, 0.15) is 0 Å². The van der Waals surface area contributed by atoms with Crippen LogP contribution in [-0.4, -0.2) is 14.2 Å². The number of rotatable bonds is 4. The molecular weight excluding hydrogens is 372 g/mol. The average molecular weight is 387 g/mol. The van der Waals surface area contributed by atoms with Gasteiger partial charge in [0.15, 0.2) is 11.5 Å². The Morgan fingerprint density at radius 2 is 1.12 bits per heavy atom. The van der Waals surface area contributed by atoms with Crippen molar-refractivity contribution >= 4 is 44.3 Å². The Morgan fingerprint density at radius 3 is 1.48 bits per heavy atom. The minimum absolute atomic E-state index is 0.819. The summed E-state index contributed by atoms with van der Waals surface area (Å²) in [5.74, 6) is 3.33. The second-order valence-corrected chi connectivity index (χ2v) is 8.55. The van der Waals surface area contributed by atoms with Gasteiger partial charge < -0.3 is 13.9 Å². The van der Waals surface area contributed by atoms with Gasteiger partial charge in [0.05, 0.1) is 23.6 Å². The van der Waals surface area contributed by atoms with Gasteiger partial charge in [-0.1, -0.05) is 12.2 Å². The zero-order valence-corrected chi connectivity index (χ0v) is 16.0. The van der Waals surface area contributed by atoms with Crippen LogP contribution < -0.4 is 9.47 Å². The highest BCUT2D eigenvalue weighted by atomic mass is 32.2.